The van der Waals surface area contributed by atoms with Crippen molar-refractivity contribution in [2.45, 2.75) is 19.3 Å². The third-order valence-electron chi connectivity index (χ3n) is 2.57. The van der Waals surface area contributed by atoms with Gasteiger partial charge in [0.15, 0.2) is 5.69 Å². The molecule has 0 spiro atoms. The fourth-order valence-electron chi connectivity index (χ4n) is 1.75. The van der Waals surface area contributed by atoms with Crippen LogP contribution >= 0.6 is 15.9 Å². The molecule has 1 aliphatic heterocycles. The second-order valence-corrected chi connectivity index (χ2v) is 4.57. The fraction of sp³-hybridized carbons (Fsp3) is 0.500. The van der Waals surface area contributed by atoms with Crippen molar-refractivity contribution in [2.75, 3.05) is 18.0 Å². The zero-order valence-corrected chi connectivity index (χ0v) is 10.3. The van der Waals surface area contributed by atoms with E-state index in [9.17, 15) is 4.79 Å². The summed E-state index contributed by atoms with van der Waals surface area (Å²) in [5, 5.41) is 8.95. The number of rotatable bonds is 2. The highest BCUT2D eigenvalue weighted by molar-refractivity contribution is 9.10. The Morgan fingerprint density at radius 3 is 2.69 bits per heavy atom. The molecule has 86 valence electrons. The van der Waals surface area contributed by atoms with Gasteiger partial charge in [0.1, 0.15) is 0 Å². The minimum atomic E-state index is -1.03. The van der Waals surface area contributed by atoms with Crippen LogP contribution in [0.5, 0.6) is 0 Å². The van der Waals surface area contributed by atoms with E-state index in [1.54, 1.807) is 0 Å². The quantitative estimate of drug-likeness (QED) is 0.899. The van der Waals surface area contributed by atoms with Crippen molar-refractivity contribution in [3.05, 3.63) is 16.4 Å². The van der Waals surface area contributed by atoms with Crippen LogP contribution in [0.25, 0.3) is 0 Å². The number of carboxylic acids is 1. The Labute approximate surface area is 102 Å². The van der Waals surface area contributed by atoms with E-state index in [0.717, 1.165) is 25.9 Å². The van der Waals surface area contributed by atoms with Gasteiger partial charge in [0.05, 0.1) is 4.47 Å². The Morgan fingerprint density at radius 1 is 1.38 bits per heavy atom. The predicted octanol–water partition coefficient (Wildman–Crippen LogP) is 1.93. The molecule has 1 fully saturated rings. The second-order valence-electron chi connectivity index (χ2n) is 3.72. The number of hydrogen-bond acceptors (Lipinski definition) is 4. The lowest BCUT2D eigenvalue weighted by Gasteiger charge is -2.26. The smallest absolute Gasteiger partial charge is 0.355 e. The molecule has 0 aromatic carbocycles. The molecular weight excluding hydrogens is 274 g/mol. The summed E-state index contributed by atoms with van der Waals surface area (Å²) in [6.07, 6.45) is 4.95. The predicted molar refractivity (Wildman–Crippen MR) is 62.8 cm³/mol. The van der Waals surface area contributed by atoms with Gasteiger partial charge in [0.2, 0.25) is 5.95 Å². The molecule has 0 saturated carbocycles. The average molecular weight is 286 g/mol. The lowest BCUT2D eigenvalue weighted by Crippen LogP contribution is -2.31. The lowest BCUT2D eigenvalue weighted by atomic mass is 10.1. The first-order chi connectivity index (χ1) is 7.68. The van der Waals surface area contributed by atoms with Gasteiger partial charge < -0.3 is 10.0 Å². The van der Waals surface area contributed by atoms with E-state index in [4.69, 9.17) is 5.11 Å². The van der Waals surface area contributed by atoms with E-state index in [1.807, 2.05) is 4.90 Å². The molecule has 0 amide bonds. The maximum absolute atomic E-state index is 10.9. The maximum Gasteiger partial charge on any atom is 0.355 e. The molecule has 1 aromatic heterocycles. The topological polar surface area (TPSA) is 66.3 Å². The first-order valence-corrected chi connectivity index (χ1v) is 5.98. The van der Waals surface area contributed by atoms with Gasteiger partial charge in [0, 0.05) is 19.3 Å². The average Bonchev–Trinajstić information content (AvgIpc) is 2.30. The van der Waals surface area contributed by atoms with Crippen molar-refractivity contribution < 1.29 is 9.90 Å². The number of piperidine rings is 1. The summed E-state index contributed by atoms with van der Waals surface area (Å²) in [6, 6.07) is 0. The van der Waals surface area contributed by atoms with Gasteiger partial charge in [-0.25, -0.2) is 14.8 Å². The summed E-state index contributed by atoms with van der Waals surface area (Å²) in [5.41, 5.74) is 0.0237. The standard InChI is InChI=1S/C10H12BrN3O2/c11-7-6-12-10(13-8(7)9(15)16)14-4-2-1-3-5-14/h6H,1-5H2,(H,15,16). The molecule has 16 heavy (non-hydrogen) atoms. The van der Waals surface area contributed by atoms with Crippen LogP contribution in [0.15, 0.2) is 10.7 Å². The molecule has 2 heterocycles. The normalized spacial score (nSPS) is 16.2. The molecule has 0 bridgehead atoms. The summed E-state index contributed by atoms with van der Waals surface area (Å²) in [6.45, 7) is 1.81. The van der Waals surface area contributed by atoms with Crippen LogP contribution in [0.2, 0.25) is 0 Å². The zero-order valence-electron chi connectivity index (χ0n) is 8.69. The van der Waals surface area contributed by atoms with E-state index in [0.29, 0.717) is 10.4 Å². The molecule has 0 unspecified atom stereocenters. The van der Waals surface area contributed by atoms with Gasteiger partial charge in [-0.2, -0.15) is 0 Å². The number of nitrogens with zero attached hydrogens (tertiary/aromatic N) is 3. The number of halogens is 1. The van der Waals surface area contributed by atoms with Crippen molar-refractivity contribution in [3.63, 3.8) is 0 Å². The number of anilines is 1. The minimum Gasteiger partial charge on any atom is -0.476 e. The van der Waals surface area contributed by atoms with Crippen LogP contribution in [0.3, 0.4) is 0 Å². The van der Waals surface area contributed by atoms with Crippen LogP contribution < -0.4 is 4.90 Å². The molecule has 1 N–H and O–H groups in total. The van der Waals surface area contributed by atoms with Crippen LogP contribution in [0, 0.1) is 0 Å². The largest absolute Gasteiger partial charge is 0.476 e. The molecule has 0 aliphatic carbocycles. The number of carboxylic acid groups (broad SMARTS) is 1. The van der Waals surface area contributed by atoms with Crippen molar-refractivity contribution >= 4 is 27.8 Å². The Kier molecular flexibility index (Phi) is 3.38. The van der Waals surface area contributed by atoms with E-state index >= 15 is 0 Å². The molecule has 5 nitrogen and oxygen atoms in total. The number of carbonyl (C=O) groups is 1. The van der Waals surface area contributed by atoms with Crippen LogP contribution in [-0.4, -0.2) is 34.1 Å². The molecule has 1 saturated heterocycles. The number of aromatic nitrogens is 2. The Bertz CT molecular complexity index is 405. The second kappa shape index (κ2) is 4.78. The highest BCUT2D eigenvalue weighted by Crippen LogP contribution is 2.19. The molecule has 0 atom stereocenters. The Morgan fingerprint density at radius 2 is 2.06 bits per heavy atom. The summed E-state index contributed by atoms with van der Waals surface area (Å²) in [4.78, 5) is 21.2. The van der Waals surface area contributed by atoms with E-state index in [1.165, 1.54) is 12.6 Å². The maximum atomic E-state index is 10.9. The summed E-state index contributed by atoms with van der Waals surface area (Å²) in [7, 11) is 0. The third-order valence-corrected chi connectivity index (χ3v) is 3.15. The van der Waals surface area contributed by atoms with Gasteiger partial charge in [-0.15, -0.1) is 0 Å². The lowest BCUT2D eigenvalue weighted by molar-refractivity contribution is 0.0689. The zero-order chi connectivity index (χ0) is 11.5. The summed E-state index contributed by atoms with van der Waals surface area (Å²) < 4.78 is 0.417. The Hall–Kier alpha value is -1.17. The summed E-state index contributed by atoms with van der Waals surface area (Å²) >= 11 is 3.13. The SMILES string of the molecule is O=C(O)c1nc(N2CCCCC2)ncc1Br. The van der Waals surface area contributed by atoms with E-state index in [-0.39, 0.29) is 5.69 Å². The van der Waals surface area contributed by atoms with E-state index in [2.05, 4.69) is 25.9 Å². The highest BCUT2D eigenvalue weighted by Gasteiger charge is 2.17. The third kappa shape index (κ3) is 2.32. The van der Waals surface area contributed by atoms with Crippen molar-refractivity contribution in [2.24, 2.45) is 0 Å². The van der Waals surface area contributed by atoms with Gasteiger partial charge in [0.25, 0.3) is 0 Å². The molecule has 1 aromatic rings. The van der Waals surface area contributed by atoms with Gasteiger partial charge in [-0.05, 0) is 35.2 Å². The van der Waals surface area contributed by atoms with Crippen LogP contribution in [0.1, 0.15) is 29.8 Å². The van der Waals surface area contributed by atoms with Crippen LogP contribution in [0.4, 0.5) is 5.95 Å². The molecular formula is C10H12BrN3O2. The van der Waals surface area contributed by atoms with E-state index < -0.39 is 5.97 Å². The van der Waals surface area contributed by atoms with Gasteiger partial charge in [-0.1, -0.05) is 0 Å². The summed E-state index contributed by atoms with van der Waals surface area (Å²) in [5.74, 6) is -0.521. The van der Waals surface area contributed by atoms with Crippen LogP contribution in [-0.2, 0) is 0 Å². The Balaban J connectivity index is 2.27. The number of hydrogen-bond donors (Lipinski definition) is 1. The molecule has 0 radical (unpaired) electrons. The fourth-order valence-corrected chi connectivity index (χ4v) is 2.11. The highest BCUT2D eigenvalue weighted by atomic mass is 79.9. The minimum absolute atomic E-state index is 0.0237. The molecule has 2 rings (SSSR count). The van der Waals surface area contributed by atoms with Gasteiger partial charge in [-0.3, -0.25) is 0 Å². The van der Waals surface area contributed by atoms with Crippen molar-refractivity contribution in [1.29, 1.82) is 0 Å². The number of aromatic carboxylic acids is 1. The van der Waals surface area contributed by atoms with Gasteiger partial charge >= 0.3 is 5.97 Å². The van der Waals surface area contributed by atoms with Crippen molar-refractivity contribution in [1.82, 2.24) is 9.97 Å². The molecule has 1 aliphatic rings. The molecule has 6 heteroatoms. The van der Waals surface area contributed by atoms with Crippen molar-refractivity contribution in [3.8, 4) is 0 Å². The first-order valence-electron chi connectivity index (χ1n) is 5.19. The first kappa shape index (κ1) is 11.3. The monoisotopic (exact) mass is 285 g/mol.